The van der Waals surface area contributed by atoms with Crippen molar-refractivity contribution in [1.29, 1.82) is 0 Å². The number of rotatable bonds is 4. The predicted octanol–water partition coefficient (Wildman–Crippen LogP) is 1.95. The quantitative estimate of drug-likeness (QED) is 0.761. The average molecular weight is 406 g/mol. The number of benzene rings is 2. The van der Waals surface area contributed by atoms with E-state index in [1.54, 1.807) is 4.90 Å². The van der Waals surface area contributed by atoms with Crippen molar-refractivity contribution in [2.45, 2.75) is 26.2 Å². The normalized spacial score (nSPS) is 18.2. The molecule has 1 atom stereocenters. The number of nitrogens with one attached hydrogen (secondary N) is 2. The van der Waals surface area contributed by atoms with E-state index in [9.17, 15) is 14.4 Å². The highest BCUT2D eigenvalue weighted by molar-refractivity contribution is 6.00. The third kappa shape index (κ3) is 4.30. The van der Waals surface area contributed by atoms with E-state index in [1.165, 1.54) is 5.56 Å². The second-order valence-electron chi connectivity index (χ2n) is 7.93. The van der Waals surface area contributed by atoms with Crippen LogP contribution in [0.5, 0.6) is 0 Å². The molecule has 0 bridgehead atoms. The highest BCUT2D eigenvalue weighted by Gasteiger charge is 2.35. The van der Waals surface area contributed by atoms with Crippen LogP contribution in [0.15, 0.2) is 48.5 Å². The van der Waals surface area contributed by atoms with Gasteiger partial charge in [0.15, 0.2) is 0 Å². The maximum absolute atomic E-state index is 12.5. The number of hydrogen-bond acceptors (Lipinski definition) is 4. The van der Waals surface area contributed by atoms with Crippen LogP contribution < -0.4 is 20.7 Å². The summed E-state index contributed by atoms with van der Waals surface area (Å²) in [6.45, 7) is 3.28. The van der Waals surface area contributed by atoms with E-state index in [-0.39, 0.29) is 30.7 Å². The van der Waals surface area contributed by atoms with Crippen LogP contribution in [0.1, 0.15) is 24.0 Å². The zero-order valence-corrected chi connectivity index (χ0v) is 17.1. The fraction of sp³-hybridized carbons (Fsp3) is 0.348. The summed E-state index contributed by atoms with van der Waals surface area (Å²) in [6, 6.07) is 15.7. The van der Waals surface area contributed by atoms with E-state index < -0.39 is 5.92 Å². The first-order chi connectivity index (χ1) is 14.5. The lowest BCUT2D eigenvalue weighted by Gasteiger charge is -2.30. The Kier molecular flexibility index (Phi) is 5.70. The van der Waals surface area contributed by atoms with E-state index >= 15 is 0 Å². The Hall–Kier alpha value is -3.35. The number of anilines is 2. The summed E-state index contributed by atoms with van der Waals surface area (Å²) in [5.74, 6) is -1.20. The highest BCUT2D eigenvalue weighted by atomic mass is 16.2. The van der Waals surface area contributed by atoms with Crippen molar-refractivity contribution in [3.63, 3.8) is 0 Å². The van der Waals surface area contributed by atoms with Gasteiger partial charge in [-0.2, -0.15) is 0 Å². The Bertz CT molecular complexity index is 957. The van der Waals surface area contributed by atoms with Gasteiger partial charge in [0.05, 0.1) is 12.5 Å². The van der Waals surface area contributed by atoms with Crippen LogP contribution >= 0.6 is 0 Å². The molecular weight excluding hydrogens is 380 g/mol. The van der Waals surface area contributed by atoms with Gasteiger partial charge in [0.1, 0.15) is 0 Å². The first-order valence-corrected chi connectivity index (χ1v) is 10.3. The molecule has 2 N–H and O–H groups in total. The van der Waals surface area contributed by atoms with E-state index in [0.29, 0.717) is 6.54 Å². The minimum atomic E-state index is -0.491. The van der Waals surface area contributed by atoms with Crippen LogP contribution in [-0.4, -0.2) is 37.4 Å². The Morgan fingerprint density at radius 2 is 1.83 bits per heavy atom. The van der Waals surface area contributed by atoms with Gasteiger partial charge in [-0.05, 0) is 43.5 Å². The molecule has 2 aromatic carbocycles. The van der Waals surface area contributed by atoms with Gasteiger partial charge in [-0.3, -0.25) is 25.2 Å². The molecule has 2 aromatic rings. The summed E-state index contributed by atoms with van der Waals surface area (Å²) in [5.41, 5.74) is 9.20. The van der Waals surface area contributed by atoms with Gasteiger partial charge in [0.2, 0.25) is 11.8 Å². The fourth-order valence-corrected chi connectivity index (χ4v) is 4.08. The zero-order valence-electron chi connectivity index (χ0n) is 17.1. The van der Waals surface area contributed by atoms with Crippen molar-refractivity contribution in [3.8, 4) is 0 Å². The first kappa shape index (κ1) is 19.9. The molecule has 0 unspecified atom stereocenters. The van der Waals surface area contributed by atoms with Crippen molar-refractivity contribution in [2.24, 2.45) is 5.92 Å². The third-order valence-corrected chi connectivity index (χ3v) is 5.71. The average Bonchev–Trinajstić information content (AvgIpc) is 3.14. The second kappa shape index (κ2) is 8.57. The van der Waals surface area contributed by atoms with Crippen molar-refractivity contribution in [3.05, 3.63) is 59.7 Å². The third-order valence-electron chi connectivity index (χ3n) is 5.71. The van der Waals surface area contributed by atoms with Gasteiger partial charge in [0, 0.05) is 30.9 Å². The Morgan fingerprint density at radius 1 is 1.07 bits per heavy atom. The molecule has 2 aliphatic heterocycles. The maximum Gasteiger partial charge on any atom is 0.257 e. The topological polar surface area (TPSA) is 81.8 Å². The van der Waals surface area contributed by atoms with Gasteiger partial charge < -0.3 is 9.80 Å². The molecule has 0 spiro atoms. The maximum atomic E-state index is 12.5. The molecular formula is C23H26N4O3. The molecule has 2 aliphatic rings. The van der Waals surface area contributed by atoms with E-state index in [1.807, 2.05) is 54.3 Å². The molecule has 0 aliphatic carbocycles. The van der Waals surface area contributed by atoms with Crippen LogP contribution in [0.2, 0.25) is 0 Å². The zero-order chi connectivity index (χ0) is 21.1. The Morgan fingerprint density at radius 3 is 2.63 bits per heavy atom. The molecule has 0 radical (unpaired) electrons. The van der Waals surface area contributed by atoms with Gasteiger partial charge >= 0.3 is 0 Å². The van der Waals surface area contributed by atoms with Crippen molar-refractivity contribution in [1.82, 2.24) is 10.9 Å². The molecule has 2 heterocycles. The molecule has 7 nitrogen and oxygen atoms in total. The monoisotopic (exact) mass is 406 g/mol. The van der Waals surface area contributed by atoms with Gasteiger partial charge in [0.25, 0.3) is 5.91 Å². The second-order valence-corrected chi connectivity index (χ2v) is 7.93. The number of fused-ring (bicyclic) bond motifs is 1. The molecule has 0 aromatic heterocycles. The number of nitrogens with zero attached hydrogens (tertiary/aromatic N) is 2. The molecule has 1 saturated heterocycles. The van der Waals surface area contributed by atoms with E-state index in [2.05, 4.69) is 16.9 Å². The van der Waals surface area contributed by atoms with Crippen molar-refractivity contribution >= 4 is 29.1 Å². The van der Waals surface area contributed by atoms with Crippen LogP contribution in [0.25, 0.3) is 0 Å². The Labute approximate surface area is 176 Å². The Balaban J connectivity index is 1.29. The highest BCUT2D eigenvalue weighted by Crippen LogP contribution is 2.27. The smallest absolute Gasteiger partial charge is 0.257 e. The van der Waals surface area contributed by atoms with E-state index in [0.717, 1.165) is 36.3 Å². The van der Waals surface area contributed by atoms with Crippen molar-refractivity contribution < 1.29 is 14.4 Å². The number of hydrazine groups is 1. The lowest BCUT2D eigenvalue weighted by molar-refractivity contribution is -0.130. The SMILES string of the molecule is Cc1ccc(N2C[C@@H](C(=O)NNC(=O)CN3CCCc4ccccc43)CC2=O)cc1. The van der Waals surface area contributed by atoms with Gasteiger partial charge in [-0.15, -0.1) is 0 Å². The molecule has 4 rings (SSSR count). The fourth-order valence-electron chi connectivity index (χ4n) is 4.08. The first-order valence-electron chi connectivity index (χ1n) is 10.3. The number of para-hydroxylation sites is 1. The lowest BCUT2D eigenvalue weighted by Crippen LogP contribution is -2.49. The summed E-state index contributed by atoms with van der Waals surface area (Å²) in [6.07, 6.45) is 2.14. The molecule has 7 heteroatoms. The van der Waals surface area contributed by atoms with Crippen LogP contribution in [0.3, 0.4) is 0 Å². The van der Waals surface area contributed by atoms with Crippen molar-refractivity contribution in [2.75, 3.05) is 29.4 Å². The lowest BCUT2D eigenvalue weighted by atomic mass is 10.0. The molecule has 0 saturated carbocycles. The summed E-state index contributed by atoms with van der Waals surface area (Å²) < 4.78 is 0. The standard InChI is InChI=1S/C23H26N4O3/c1-16-8-10-19(11-9-16)27-14-18(13-22(27)29)23(30)25-24-21(28)15-26-12-4-6-17-5-2-3-7-20(17)26/h2-3,5,7-11,18H,4,6,12-15H2,1H3,(H,24,28)(H,25,30)/t18-/m0/s1. The van der Waals surface area contributed by atoms with Gasteiger partial charge in [-0.25, -0.2) is 0 Å². The van der Waals surface area contributed by atoms with Crippen LogP contribution in [0.4, 0.5) is 11.4 Å². The minimum Gasteiger partial charge on any atom is -0.362 e. The molecule has 3 amide bonds. The minimum absolute atomic E-state index is 0.0877. The summed E-state index contributed by atoms with van der Waals surface area (Å²) in [4.78, 5) is 40.9. The number of carbonyl (C=O) groups is 3. The summed E-state index contributed by atoms with van der Waals surface area (Å²) >= 11 is 0. The largest absolute Gasteiger partial charge is 0.362 e. The number of aryl methyl sites for hydroxylation is 2. The molecule has 156 valence electrons. The van der Waals surface area contributed by atoms with E-state index in [4.69, 9.17) is 0 Å². The summed E-state index contributed by atoms with van der Waals surface area (Å²) in [7, 11) is 0. The van der Waals surface area contributed by atoms with Crippen LogP contribution in [0, 0.1) is 12.8 Å². The number of hydrogen-bond donors (Lipinski definition) is 2. The predicted molar refractivity (Wildman–Crippen MR) is 115 cm³/mol. The van der Waals surface area contributed by atoms with Gasteiger partial charge in [-0.1, -0.05) is 35.9 Å². The molecule has 1 fully saturated rings. The summed E-state index contributed by atoms with van der Waals surface area (Å²) in [5, 5.41) is 0. The van der Waals surface area contributed by atoms with Crippen LogP contribution in [-0.2, 0) is 20.8 Å². The molecule has 30 heavy (non-hydrogen) atoms. The number of carbonyl (C=O) groups excluding carboxylic acids is 3. The number of amides is 3.